The molecule has 0 radical (unpaired) electrons. The third-order valence-electron chi connectivity index (χ3n) is 2.31. The summed E-state index contributed by atoms with van der Waals surface area (Å²) in [6.45, 7) is 1.96. The number of hydrogen-bond donors (Lipinski definition) is 1. The molecule has 2 aromatic rings. The zero-order chi connectivity index (χ0) is 10.7. The third-order valence-corrected chi connectivity index (χ3v) is 3.46. The fourth-order valence-corrected chi connectivity index (χ4v) is 2.35. The lowest BCUT2D eigenvalue weighted by Gasteiger charge is -2.14. The van der Waals surface area contributed by atoms with Crippen molar-refractivity contribution in [1.29, 1.82) is 0 Å². The Kier molecular flexibility index (Phi) is 3.18. The number of aromatic nitrogens is 1. The minimum atomic E-state index is 0.979. The molecule has 0 saturated heterocycles. The normalized spacial score (nSPS) is 10.8. The molecule has 1 aromatic heterocycles. The van der Waals surface area contributed by atoms with Gasteiger partial charge in [-0.25, -0.2) is 4.98 Å². The Morgan fingerprint density at radius 3 is 2.93 bits per heavy atom. The van der Waals surface area contributed by atoms with Crippen LogP contribution in [0.15, 0.2) is 24.3 Å². The monoisotopic (exact) mass is 221 g/mol. The van der Waals surface area contributed by atoms with E-state index in [4.69, 9.17) is 0 Å². The first kappa shape index (κ1) is 10.4. The summed E-state index contributed by atoms with van der Waals surface area (Å²) in [5, 5.41) is 4.23. The fourth-order valence-electron chi connectivity index (χ4n) is 1.40. The number of rotatable bonds is 4. The van der Waals surface area contributed by atoms with Gasteiger partial charge in [-0.05, 0) is 19.2 Å². The number of para-hydroxylation sites is 1. The number of nitrogens with one attached hydrogen (secondary N) is 1. The van der Waals surface area contributed by atoms with Crippen molar-refractivity contribution < 1.29 is 0 Å². The van der Waals surface area contributed by atoms with Gasteiger partial charge < -0.3 is 10.2 Å². The molecule has 1 N–H and O–H groups in total. The molecule has 0 aliphatic carbocycles. The molecule has 0 saturated carbocycles. The lowest BCUT2D eigenvalue weighted by molar-refractivity contribution is 0.766. The van der Waals surface area contributed by atoms with Crippen LogP contribution in [0.25, 0.3) is 10.2 Å². The van der Waals surface area contributed by atoms with Crippen molar-refractivity contribution in [1.82, 2.24) is 10.3 Å². The van der Waals surface area contributed by atoms with Crippen molar-refractivity contribution in [2.45, 2.75) is 0 Å². The van der Waals surface area contributed by atoms with Crippen molar-refractivity contribution in [2.75, 3.05) is 32.1 Å². The number of hydrogen-bond acceptors (Lipinski definition) is 4. The number of fused-ring (bicyclic) bond motifs is 1. The first-order chi connectivity index (χ1) is 7.31. The number of nitrogens with zero attached hydrogens (tertiary/aromatic N) is 2. The third kappa shape index (κ3) is 2.27. The van der Waals surface area contributed by atoms with Gasteiger partial charge in [0.05, 0.1) is 10.2 Å². The van der Waals surface area contributed by atoms with Crippen molar-refractivity contribution in [3.63, 3.8) is 0 Å². The predicted octanol–water partition coefficient (Wildman–Crippen LogP) is 1.95. The summed E-state index contributed by atoms with van der Waals surface area (Å²) in [5.74, 6) is 0. The van der Waals surface area contributed by atoms with E-state index in [1.165, 1.54) is 4.70 Å². The molecule has 3 nitrogen and oxygen atoms in total. The van der Waals surface area contributed by atoms with E-state index < -0.39 is 0 Å². The lowest BCUT2D eigenvalue weighted by atomic mass is 10.3. The molecule has 2 rings (SSSR count). The van der Waals surface area contributed by atoms with Crippen molar-refractivity contribution >= 4 is 26.7 Å². The maximum Gasteiger partial charge on any atom is 0.186 e. The highest BCUT2D eigenvalue weighted by molar-refractivity contribution is 7.22. The van der Waals surface area contributed by atoms with E-state index in [1.54, 1.807) is 11.3 Å². The summed E-state index contributed by atoms with van der Waals surface area (Å²) in [5.41, 5.74) is 1.09. The number of likely N-dealkylation sites (N-methyl/N-ethyl adjacent to an activating group) is 2. The summed E-state index contributed by atoms with van der Waals surface area (Å²) in [7, 11) is 4.04. The minimum absolute atomic E-state index is 0.979. The smallest absolute Gasteiger partial charge is 0.186 e. The zero-order valence-corrected chi connectivity index (χ0v) is 9.84. The van der Waals surface area contributed by atoms with Crippen LogP contribution in [0.3, 0.4) is 0 Å². The Balaban J connectivity index is 2.20. The summed E-state index contributed by atoms with van der Waals surface area (Å²) in [6.07, 6.45) is 0. The molecular weight excluding hydrogens is 206 g/mol. The largest absolute Gasteiger partial charge is 0.350 e. The van der Waals surface area contributed by atoms with Gasteiger partial charge in [0.1, 0.15) is 0 Å². The van der Waals surface area contributed by atoms with Crippen LogP contribution in [0.4, 0.5) is 5.13 Å². The first-order valence-corrected chi connectivity index (χ1v) is 5.84. The molecule has 0 fully saturated rings. The van der Waals surface area contributed by atoms with E-state index in [0.717, 1.165) is 23.7 Å². The predicted molar refractivity (Wildman–Crippen MR) is 66.8 cm³/mol. The second kappa shape index (κ2) is 4.59. The molecule has 0 aliphatic rings. The first-order valence-electron chi connectivity index (χ1n) is 5.02. The van der Waals surface area contributed by atoms with Gasteiger partial charge in [0.25, 0.3) is 0 Å². The Morgan fingerprint density at radius 1 is 1.40 bits per heavy atom. The van der Waals surface area contributed by atoms with Crippen molar-refractivity contribution in [2.24, 2.45) is 0 Å². The van der Waals surface area contributed by atoms with Crippen LogP contribution in [-0.4, -0.2) is 32.2 Å². The van der Waals surface area contributed by atoms with Gasteiger partial charge in [-0.2, -0.15) is 0 Å². The Bertz CT molecular complexity index is 405. The second-order valence-electron chi connectivity index (χ2n) is 3.49. The molecule has 4 heteroatoms. The minimum Gasteiger partial charge on any atom is -0.350 e. The summed E-state index contributed by atoms with van der Waals surface area (Å²) in [6, 6.07) is 8.25. The molecule has 0 bridgehead atoms. The highest BCUT2D eigenvalue weighted by Crippen LogP contribution is 2.27. The van der Waals surface area contributed by atoms with Gasteiger partial charge in [-0.3, -0.25) is 0 Å². The van der Waals surface area contributed by atoms with Crippen LogP contribution >= 0.6 is 11.3 Å². The van der Waals surface area contributed by atoms with Gasteiger partial charge in [-0.1, -0.05) is 23.5 Å². The molecule has 0 atom stereocenters. The topological polar surface area (TPSA) is 28.2 Å². The van der Waals surface area contributed by atoms with Crippen LogP contribution < -0.4 is 10.2 Å². The van der Waals surface area contributed by atoms with E-state index in [1.807, 2.05) is 13.1 Å². The summed E-state index contributed by atoms with van der Waals surface area (Å²) >= 11 is 1.74. The van der Waals surface area contributed by atoms with E-state index in [2.05, 4.69) is 40.4 Å². The van der Waals surface area contributed by atoms with Gasteiger partial charge >= 0.3 is 0 Å². The van der Waals surface area contributed by atoms with Gasteiger partial charge in [-0.15, -0.1) is 0 Å². The van der Waals surface area contributed by atoms with Crippen LogP contribution in [0.1, 0.15) is 0 Å². The SMILES string of the molecule is CNCCN(C)c1nc2ccccc2s1. The Labute approximate surface area is 93.7 Å². The number of thiazole rings is 1. The highest BCUT2D eigenvalue weighted by Gasteiger charge is 2.06. The number of anilines is 1. The number of benzene rings is 1. The summed E-state index contributed by atoms with van der Waals surface area (Å²) < 4.78 is 1.25. The van der Waals surface area contributed by atoms with Gasteiger partial charge in [0.2, 0.25) is 0 Å². The van der Waals surface area contributed by atoms with E-state index in [-0.39, 0.29) is 0 Å². The fraction of sp³-hybridized carbons (Fsp3) is 0.364. The van der Waals surface area contributed by atoms with Gasteiger partial charge in [0, 0.05) is 20.1 Å². The molecule has 0 amide bonds. The molecule has 0 unspecified atom stereocenters. The molecular formula is C11H15N3S. The maximum absolute atomic E-state index is 4.58. The Morgan fingerprint density at radius 2 is 2.20 bits per heavy atom. The van der Waals surface area contributed by atoms with Crippen LogP contribution in [0.5, 0.6) is 0 Å². The van der Waals surface area contributed by atoms with Crippen molar-refractivity contribution in [3.05, 3.63) is 24.3 Å². The van der Waals surface area contributed by atoms with E-state index in [9.17, 15) is 0 Å². The quantitative estimate of drug-likeness (QED) is 0.855. The van der Waals surface area contributed by atoms with Gasteiger partial charge in [0.15, 0.2) is 5.13 Å². The van der Waals surface area contributed by atoms with Crippen LogP contribution in [-0.2, 0) is 0 Å². The Hall–Kier alpha value is -1.13. The molecule has 1 heterocycles. The lowest BCUT2D eigenvalue weighted by Crippen LogP contribution is -2.26. The highest BCUT2D eigenvalue weighted by atomic mass is 32.1. The van der Waals surface area contributed by atoms with E-state index >= 15 is 0 Å². The molecule has 0 aliphatic heterocycles. The second-order valence-corrected chi connectivity index (χ2v) is 4.50. The average molecular weight is 221 g/mol. The molecule has 15 heavy (non-hydrogen) atoms. The summed E-state index contributed by atoms with van der Waals surface area (Å²) in [4.78, 5) is 6.76. The van der Waals surface area contributed by atoms with E-state index in [0.29, 0.717) is 0 Å². The van der Waals surface area contributed by atoms with Crippen LogP contribution in [0, 0.1) is 0 Å². The standard InChI is InChI=1S/C11H15N3S/c1-12-7-8-14(2)11-13-9-5-3-4-6-10(9)15-11/h3-6,12H,7-8H2,1-2H3. The average Bonchev–Trinajstić information content (AvgIpc) is 2.69. The van der Waals surface area contributed by atoms with Crippen LogP contribution in [0.2, 0.25) is 0 Å². The molecule has 80 valence electrons. The molecule has 1 aromatic carbocycles. The zero-order valence-electron chi connectivity index (χ0n) is 9.03. The van der Waals surface area contributed by atoms with Crippen molar-refractivity contribution in [3.8, 4) is 0 Å². The molecule has 0 spiro atoms. The maximum atomic E-state index is 4.58.